The molecule has 0 unspecified atom stereocenters. The number of aromatic hydroxyl groups is 1. The van der Waals surface area contributed by atoms with E-state index in [0.717, 1.165) is 33.9 Å². The van der Waals surface area contributed by atoms with Crippen LogP contribution < -0.4 is 0 Å². The first-order valence-corrected chi connectivity index (χ1v) is 13.2. The van der Waals surface area contributed by atoms with Crippen LogP contribution in [0.1, 0.15) is 36.5 Å². The summed E-state index contributed by atoms with van der Waals surface area (Å²) in [5.41, 5.74) is 7.57. The Morgan fingerprint density at radius 1 is 0.800 bits per heavy atom. The van der Waals surface area contributed by atoms with Crippen LogP contribution in [0.2, 0.25) is 0 Å². The number of aromatic nitrogens is 3. The molecule has 5 heteroatoms. The Balaban J connectivity index is 0.000000182. The molecule has 0 aliphatic heterocycles. The number of nitrogens with zero attached hydrogens (tertiary/aromatic N) is 3. The Labute approximate surface area is 249 Å². The van der Waals surface area contributed by atoms with Gasteiger partial charge in [-0.1, -0.05) is 82.3 Å². The summed E-state index contributed by atoms with van der Waals surface area (Å²) in [6.45, 7) is 8.63. The van der Waals surface area contributed by atoms with Crippen LogP contribution in [-0.2, 0) is 20.1 Å². The molecule has 0 atom stereocenters. The topological polar surface area (TPSA) is 50.9 Å². The minimum absolute atomic E-state index is 0. The van der Waals surface area contributed by atoms with Gasteiger partial charge in [-0.15, -0.1) is 34.9 Å². The molecule has 0 amide bonds. The second kappa shape index (κ2) is 12.9. The zero-order valence-corrected chi connectivity index (χ0v) is 25.5. The van der Waals surface area contributed by atoms with Crippen molar-refractivity contribution in [1.82, 2.24) is 14.5 Å². The molecule has 0 saturated carbocycles. The molecule has 4 aromatic carbocycles. The Bertz CT molecular complexity index is 1700. The van der Waals surface area contributed by atoms with E-state index in [-0.39, 0.29) is 25.9 Å². The maximum atomic E-state index is 9.90. The zero-order valence-electron chi connectivity index (χ0n) is 23.1. The number of benzene rings is 4. The molecule has 0 spiro atoms. The van der Waals surface area contributed by atoms with Gasteiger partial charge in [0.05, 0.1) is 5.56 Å². The number of fused-ring (bicyclic) bond motifs is 1. The number of phenolic OH excluding ortho intramolecular Hbond substituents is 1. The number of aryl methyl sites for hydroxylation is 2. The van der Waals surface area contributed by atoms with Crippen molar-refractivity contribution in [1.29, 1.82) is 0 Å². The average molecular weight is 703 g/mol. The third kappa shape index (κ3) is 6.22. The second-order valence-corrected chi connectivity index (χ2v) is 9.99. The van der Waals surface area contributed by atoms with E-state index in [1.54, 1.807) is 18.3 Å². The van der Waals surface area contributed by atoms with Gasteiger partial charge in [0.15, 0.2) is 0 Å². The van der Waals surface area contributed by atoms with Gasteiger partial charge in [-0.3, -0.25) is 4.57 Å². The molecule has 1 N–H and O–H groups in total. The number of pyridine rings is 1. The molecule has 203 valence electrons. The van der Waals surface area contributed by atoms with Gasteiger partial charge >= 0.3 is 0 Å². The van der Waals surface area contributed by atoms with Crippen molar-refractivity contribution in [3.05, 3.63) is 132 Å². The molecular weight excluding hydrogens is 671 g/mol. The number of hydrogen-bond donors (Lipinski definition) is 1. The monoisotopic (exact) mass is 703 g/mol. The largest absolute Gasteiger partial charge is 0.507 e. The summed E-state index contributed by atoms with van der Waals surface area (Å²) in [6.07, 6.45) is 5.64. The molecule has 2 heterocycles. The Hall–Kier alpha value is -4.05. The fourth-order valence-corrected chi connectivity index (χ4v) is 4.87. The molecule has 0 fully saturated rings. The average Bonchev–Trinajstić information content (AvgIpc) is 3.43. The summed E-state index contributed by atoms with van der Waals surface area (Å²) >= 11 is 0. The molecule has 0 saturated heterocycles. The standard InChI is InChI=1S/C20H20N.C15H12N2O.Ir/c1-13(2)19-12-21-20(18-8-6-5-7-17(18)19)16-10-14(3)9-15(4)11-16;18-14-9-5-4-8-13(14)15-16-10-11-17(15)12-6-2-1-3-7-12;/h5-10,12-13H,1-4H3;1-11,18H;/q-1;;. The van der Waals surface area contributed by atoms with Crippen LogP contribution in [0, 0.1) is 19.9 Å². The van der Waals surface area contributed by atoms with Crippen molar-refractivity contribution in [3.8, 4) is 34.1 Å². The van der Waals surface area contributed by atoms with Gasteiger partial charge in [-0.25, -0.2) is 4.98 Å². The number of imidazole rings is 1. The molecule has 0 aliphatic rings. The molecule has 6 rings (SSSR count). The van der Waals surface area contributed by atoms with E-state index >= 15 is 0 Å². The third-order valence-corrected chi connectivity index (χ3v) is 6.67. The van der Waals surface area contributed by atoms with E-state index in [4.69, 9.17) is 4.98 Å². The predicted octanol–water partition coefficient (Wildman–Crippen LogP) is 8.68. The first-order valence-electron chi connectivity index (χ1n) is 13.2. The molecule has 2 aromatic heterocycles. The van der Waals surface area contributed by atoms with Gasteiger partial charge in [0.1, 0.15) is 11.6 Å². The van der Waals surface area contributed by atoms with Crippen LogP contribution in [0.25, 0.3) is 39.1 Å². The normalized spacial score (nSPS) is 10.6. The van der Waals surface area contributed by atoms with Crippen LogP contribution in [0.15, 0.2) is 110 Å². The Kier molecular flexibility index (Phi) is 9.31. The fourth-order valence-electron chi connectivity index (χ4n) is 4.87. The number of hydrogen-bond acceptors (Lipinski definition) is 3. The van der Waals surface area contributed by atoms with Gasteiger partial charge in [0.2, 0.25) is 0 Å². The first-order chi connectivity index (χ1) is 18.9. The Morgan fingerprint density at radius 3 is 2.17 bits per heavy atom. The molecule has 40 heavy (non-hydrogen) atoms. The third-order valence-electron chi connectivity index (χ3n) is 6.67. The van der Waals surface area contributed by atoms with Crippen LogP contribution in [0.5, 0.6) is 5.75 Å². The summed E-state index contributed by atoms with van der Waals surface area (Å²) in [6, 6.07) is 33.4. The Morgan fingerprint density at radius 2 is 1.48 bits per heavy atom. The van der Waals surface area contributed by atoms with E-state index in [1.807, 2.05) is 59.4 Å². The van der Waals surface area contributed by atoms with Gasteiger partial charge in [-0.2, -0.15) is 0 Å². The number of para-hydroxylation sites is 2. The van der Waals surface area contributed by atoms with Gasteiger partial charge in [-0.05, 0) is 52.2 Å². The van der Waals surface area contributed by atoms with E-state index in [0.29, 0.717) is 5.92 Å². The minimum Gasteiger partial charge on any atom is -0.507 e. The molecule has 6 aromatic rings. The summed E-state index contributed by atoms with van der Waals surface area (Å²) in [5.74, 6) is 1.44. The zero-order chi connectivity index (χ0) is 27.4. The summed E-state index contributed by atoms with van der Waals surface area (Å²) in [4.78, 5) is 9.08. The molecular formula is C35H32IrN3O-. The smallest absolute Gasteiger partial charge is 0.148 e. The second-order valence-electron chi connectivity index (χ2n) is 9.99. The predicted molar refractivity (Wildman–Crippen MR) is 160 cm³/mol. The van der Waals surface area contributed by atoms with Crippen LogP contribution >= 0.6 is 0 Å². The van der Waals surface area contributed by atoms with Crippen molar-refractivity contribution in [2.24, 2.45) is 0 Å². The first kappa shape index (κ1) is 28.9. The molecule has 4 nitrogen and oxygen atoms in total. The van der Waals surface area contributed by atoms with Crippen molar-refractivity contribution in [3.63, 3.8) is 0 Å². The summed E-state index contributed by atoms with van der Waals surface area (Å²) in [7, 11) is 0. The molecule has 0 aliphatic carbocycles. The maximum Gasteiger partial charge on any atom is 0.148 e. The van der Waals surface area contributed by atoms with Crippen molar-refractivity contribution in [2.45, 2.75) is 33.6 Å². The van der Waals surface area contributed by atoms with Crippen LogP contribution in [0.4, 0.5) is 0 Å². The van der Waals surface area contributed by atoms with Crippen LogP contribution in [0.3, 0.4) is 0 Å². The number of rotatable bonds is 4. The summed E-state index contributed by atoms with van der Waals surface area (Å²) in [5, 5.41) is 12.4. The van der Waals surface area contributed by atoms with E-state index < -0.39 is 0 Å². The van der Waals surface area contributed by atoms with E-state index in [1.165, 1.54) is 21.9 Å². The summed E-state index contributed by atoms with van der Waals surface area (Å²) < 4.78 is 1.95. The van der Waals surface area contributed by atoms with Gasteiger partial charge in [0, 0.05) is 44.4 Å². The molecule has 0 bridgehead atoms. The van der Waals surface area contributed by atoms with Crippen LogP contribution in [-0.4, -0.2) is 19.6 Å². The maximum absolute atomic E-state index is 9.90. The van der Waals surface area contributed by atoms with Gasteiger partial charge < -0.3 is 10.1 Å². The molecule has 1 radical (unpaired) electrons. The number of phenols is 1. The van der Waals surface area contributed by atoms with E-state index in [9.17, 15) is 5.11 Å². The van der Waals surface area contributed by atoms with E-state index in [2.05, 4.69) is 75.1 Å². The van der Waals surface area contributed by atoms with Gasteiger partial charge in [0.25, 0.3) is 0 Å². The SMILES string of the molecule is Cc1[c-]c(-c2ncc(C(C)C)c3ccccc23)cc(C)c1.Oc1ccccc1-c1nccn1-c1ccccc1.[Ir]. The van der Waals surface area contributed by atoms with Crippen molar-refractivity contribution in [2.75, 3.05) is 0 Å². The fraction of sp³-hybridized carbons (Fsp3) is 0.143. The van der Waals surface area contributed by atoms with Crippen molar-refractivity contribution < 1.29 is 25.2 Å². The minimum atomic E-state index is 0. The van der Waals surface area contributed by atoms with Crippen molar-refractivity contribution >= 4 is 10.8 Å². The quantitative estimate of drug-likeness (QED) is 0.187.